The van der Waals surface area contributed by atoms with Gasteiger partial charge < -0.3 is 10.1 Å². The summed E-state index contributed by atoms with van der Waals surface area (Å²) in [6.45, 7) is 1.71. The van der Waals surface area contributed by atoms with Gasteiger partial charge in [0, 0.05) is 31.0 Å². The van der Waals surface area contributed by atoms with E-state index in [9.17, 15) is 28.0 Å². The number of allylic oxidation sites excluding steroid dienone is 2. The van der Waals surface area contributed by atoms with Crippen LogP contribution in [-0.4, -0.2) is 32.1 Å². The van der Waals surface area contributed by atoms with Crippen LogP contribution in [0.1, 0.15) is 29.5 Å². The maximum atomic E-state index is 13.7. The average Bonchev–Trinajstić information content (AvgIpc) is 2.83. The standard InChI is InChI=1S/C25H21F3N4O3/c1-15-20(14-30)21(17-8-6-16(13-29)7-9-17)22(23(33)31-10-11-35-2)24(34)32(15)19-5-3-4-18(12-19)25(26,27)28/h3-9,12,21-22H,10-11H2,1-2H3,(H,31,33). The van der Waals surface area contributed by atoms with E-state index in [1.54, 1.807) is 12.1 Å². The molecule has 0 fully saturated rings. The number of alkyl halides is 3. The van der Waals surface area contributed by atoms with Crippen molar-refractivity contribution in [3.05, 3.63) is 76.5 Å². The van der Waals surface area contributed by atoms with Crippen molar-refractivity contribution >= 4 is 17.5 Å². The van der Waals surface area contributed by atoms with E-state index >= 15 is 0 Å². The third-order valence-electron chi connectivity index (χ3n) is 5.69. The number of methoxy groups -OCH3 is 1. The fourth-order valence-electron chi connectivity index (χ4n) is 4.03. The van der Waals surface area contributed by atoms with Crippen LogP contribution in [0.3, 0.4) is 0 Å². The SMILES string of the molecule is COCCNC(=O)C1C(=O)N(c2cccc(C(F)(F)F)c2)C(C)=C(C#N)C1c1ccc(C#N)cc1. The van der Waals surface area contributed by atoms with Gasteiger partial charge in [-0.2, -0.15) is 23.7 Å². The van der Waals surface area contributed by atoms with E-state index in [0.29, 0.717) is 11.1 Å². The van der Waals surface area contributed by atoms with Gasteiger partial charge in [0.1, 0.15) is 5.92 Å². The van der Waals surface area contributed by atoms with E-state index < -0.39 is 35.4 Å². The Hall–Kier alpha value is -4.15. The Morgan fingerprint density at radius 3 is 2.40 bits per heavy atom. The molecule has 0 spiro atoms. The van der Waals surface area contributed by atoms with Crippen LogP contribution in [0.2, 0.25) is 0 Å². The highest BCUT2D eigenvalue weighted by Gasteiger charge is 2.46. The highest BCUT2D eigenvalue weighted by molar-refractivity contribution is 6.12. The molecule has 0 saturated heterocycles. The van der Waals surface area contributed by atoms with Crippen LogP contribution in [0.5, 0.6) is 0 Å². The predicted molar refractivity (Wildman–Crippen MR) is 120 cm³/mol. The molecule has 0 bridgehead atoms. The maximum absolute atomic E-state index is 13.7. The third kappa shape index (κ3) is 5.18. The number of carbonyl (C=O) groups excluding carboxylic acids is 2. The molecule has 0 radical (unpaired) electrons. The van der Waals surface area contributed by atoms with Gasteiger partial charge in [-0.15, -0.1) is 0 Å². The van der Waals surface area contributed by atoms with Crippen LogP contribution >= 0.6 is 0 Å². The summed E-state index contributed by atoms with van der Waals surface area (Å²) >= 11 is 0. The first kappa shape index (κ1) is 25.5. The lowest BCUT2D eigenvalue weighted by Crippen LogP contribution is -2.50. The molecular formula is C25H21F3N4O3. The van der Waals surface area contributed by atoms with Crippen LogP contribution < -0.4 is 10.2 Å². The van der Waals surface area contributed by atoms with Crippen molar-refractivity contribution in [1.82, 2.24) is 5.32 Å². The lowest BCUT2D eigenvalue weighted by atomic mass is 9.75. The number of nitrogens with zero attached hydrogens (tertiary/aromatic N) is 3. The Morgan fingerprint density at radius 1 is 1.14 bits per heavy atom. The van der Waals surface area contributed by atoms with Crippen molar-refractivity contribution < 1.29 is 27.5 Å². The highest BCUT2D eigenvalue weighted by atomic mass is 19.4. The summed E-state index contributed by atoms with van der Waals surface area (Å²) in [7, 11) is 1.44. The lowest BCUT2D eigenvalue weighted by Gasteiger charge is -2.38. The van der Waals surface area contributed by atoms with Crippen molar-refractivity contribution in [3.8, 4) is 12.1 Å². The highest BCUT2D eigenvalue weighted by Crippen LogP contribution is 2.43. The second-order valence-electron chi connectivity index (χ2n) is 7.81. The van der Waals surface area contributed by atoms with E-state index in [4.69, 9.17) is 10.00 Å². The van der Waals surface area contributed by atoms with Gasteiger partial charge in [-0.3, -0.25) is 14.5 Å². The van der Waals surface area contributed by atoms with Gasteiger partial charge in [-0.05, 0) is 42.8 Å². The number of ether oxygens (including phenoxy) is 1. The molecule has 0 saturated carbocycles. The predicted octanol–water partition coefficient (Wildman–Crippen LogP) is 3.88. The number of hydrogen-bond donors (Lipinski definition) is 1. The van der Waals surface area contributed by atoms with Crippen molar-refractivity contribution in [2.24, 2.45) is 5.92 Å². The number of anilines is 1. The minimum Gasteiger partial charge on any atom is -0.383 e. The minimum absolute atomic E-state index is 0.0543. The van der Waals surface area contributed by atoms with Crippen LogP contribution in [-0.2, 0) is 20.5 Å². The first-order valence-electron chi connectivity index (χ1n) is 10.5. The van der Waals surface area contributed by atoms with E-state index in [2.05, 4.69) is 5.32 Å². The smallest absolute Gasteiger partial charge is 0.383 e. The molecule has 10 heteroatoms. The van der Waals surface area contributed by atoms with Crippen molar-refractivity contribution in [2.75, 3.05) is 25.2 Å². The molecule has 1 aliphatic rings. The Labute approximate surface area is 200 Å². The Balaban J connectivity index is 2.18. The summed E-state index contributed by atoms with van der Waals surface area (Å²) < 4.78 is 44.9. The number of nitriles is 2. The fraction of sp³-hybridized carbons (Fsp3) is 0.280. The molecular weight excluding hydrogens is 461 g/mol. The van der Waals surface area contributed by atoms with Gasteiger partial charge >= 0.3 is 6.18 Å². The molecule has 2 atom stereocenters. The molecule has 2 unspecified atom stereocenters. The van der Waals surface area contributed by atoms with Gasteiger partial charge in [0.15, 0.2) is 0 Å². The average molecular weight is 482 g/mol. The van der Waals surface area contributed by atoms with Crippen LogP contribution in [0, 0.1) is 28.6 Å². The second-order valence-corrected chi connectivity index (χ2v) is 7.81. The number of hydrogen-bond acceptors (Lipinski definition) is 5. The van der Waals surface area contributed by atoms with Gasteiger partial charge in [-0.25, -0.2) is 0 Å². The largest absolute Gasteiger partial charge is 0.416 e. The van der Waals surface area contributed by atoms with Crippen LogP contribution in [0.25, 0.3) is 0 Å². The second kappa shape index (κ2) is 10.4. The summed E-state index contributed by atoms with van der Waals surface area (Å²) in [6, 6.07) is 14.3. The van der Waals surface area contributed by atoms with Crippen LogP contribution in [0.4, 0.5) is 18.9 Å². The molecule has 0 aliphatic carbocycles. The number of amides is 2. The third-order valence-corrected chi connectivity index (χ3v) is 5.69. The van der Waals surface area contributed by atoms with E-state index in [0.717, 1.165) is 23.1 Å². The minimum atomic E-state index is -4.65. The summed E-state index contributed by atoms with van der Waals surface area (Å²) in [5.74, 6) is -3.90. The zero-order valence-corrected chi connectivity index (χ0v) is 18.9. The zero-order valence-electron chi connectivity index (χ0n) is 18.9. The van der Waals surface area contributed by atoms with Gasteiger partial charge in [0.2, 0.25) is 11.8 Å². The summed E-state index contributed by atoms with van der Waals surface area (Å²) in [6.07, 6.45) is -4.65. The summed E-state index contributed by atoms with van der Waals surface area (Å²) in [5.41, 5.74) is -0.108. The molecule has 3 rings (SSSR count). The lowest BCUT2D eigenvalue weighted by molar-refractivity contribution is -0.138. The van der Waals surface area contributed by atoms with Gasteiger partial charge in [-0.1, -0.05) is 18.2 Å². The maximum Gasteiger partial charge on any atom is 0.416 e. The monoisotopic (exact) mass is 482 g/mol. The zero-order chi connectivity index (χ0) is 25.8. The first-order valence-corrected chi connectivity index (χ1v) is 10.5. The van der Waals surface area contributed by atoms with Gasteiger partial charge in [0.05, 0.1) is 35.4 Å². The molecule has 1 N–H and O–H groups in total. The van der Waals surface area contributed by atoms with Crippen molar-refractivity contribution in [2.45, 2.75) is 19.0 Å². The first-order chi connectivity index (χ1) is 16.6. The Morgan fingerprint density at radius 2 is 1.83 bits per heavy atom. The number of rotatable bonds is 6. The molecule has 2 aromatic carbocycles. The van der Waals surface area contributed by atoms with Gasteiger partial charge in [0.25, 0.3) is 0 Å². The molecule has 1 heterocycles. The van der Waals surface area contributed by atoms with Crippen molar-refractivity contribution in [1.29, 1.82) is 10.5 Å². The van der Waals surface area contributed by atoms with Crippen LogP contribution in [0.15, 0.2) is 59.8 Å². The van der Waals surface area contributed by atoms with E-state index in [-0.39, 0.29) is 30.1 Å². The quantitative estimate of drug-likeness (QED) is 0.497. The Kier molecular flexibility index (Phi) is 7.58. The molecule has 0 aromatic heterocycles. The van der Waals surface area contributed by atoms with E-state index in [1.807, 2.05) is 12.1 Å². The molecule has 7 nitrogen and oxygen atoms in total. The number of nitrogens with one attached hydrogen (secondary N) is 1. The summed E-state index contributed by atoms with van der Waals surface area (Å²) in [5, 5.41) is 21.7. The summed E-state index contributed by atoms with van der Waals surface area (Å²) in [4.78, 5) is 27.9. The molecule has 2 aromatic rings. The molecule has 2 amide bonds. The topological polar surface area (TPSA) is 106 Å². The number of halogens is 3. The normalized spacial score (nSPS) is 18.1. The number of carbonyl (C=O) groups is 2. The van der Waals surface area contributed by atoms with Crippen molar-refractivity contribution in [3.63, 3.8) is 0 Å². The van der Waals surface area contributed by atoms with E-state index in [1.165, 1.54) is 32.2 Å². The Bertz CT molecular complexity index is 1240. The number of benzene rings is 2. The molecule has 35 heavy (non-hydrogen) atoms. The molecule has 180 valence electrons. The fourth-order valence-corrected chi connectivity index (χ4v) is 4.03. The molecule has 1 aliphatic heterocycles.